The molecule has 0 heterocycles. The minimum atomic E-state index is -0.478. The molecular formula is C20H20BrN5O4. The van der Waals surface area contributed by atoms with Crippen LogP contribution in [0, 0.1) is 28.4 Å². The van der Waals surface area contributed by atoms with Gasteiger partial charge in [0.25, 0.3) is 5.69 Å². The van der Waals surface area contributed by atoms with Gasteiger partial charge in [0.1, 0.15) is 12.3 Å². The third-order valence-electron chi connectivity index (χ3n) is 4.11. The fourth-order valence-electron chi connectivity index (χ4n) is 2.60. The number of non-ortho nitro benzene ring substituents is 1. The maximum absolute atomic E-state index is 11.0. The Hall–Kier alpha value is -3.32. The molecule has 9 nitrogen and oxygen atoms in total. The van der Waals surface area contributed by atoms with Gasteiger partial charge in [0.15, 0.2) is 0 Å². The first-order valence-corrected chi connectivity index (χ1v) is 9.82. The van der Waals surface area contributed by atoms with Crippen molar-refractivity contribution in [2.45, 2.75) is 20.3 Å². The predicted octanol–water partition coefficient (Wildman–Crippen LogP) is 5.36. The van der Waals surface area contributed by atoms with Gasteiger partial charge in [0.2, 0.25) is 0 Å². The van der Waals surface area contributed by atoms with Crippen LogP contribution in [0.5, 0.6) is 0 Å². The van der Waals surface area contributed by atoms with Crippen LogP contribution >= 0.6 is 15.9 Å². The summed E-state index contributed by atoms with van der Waals surface area (Å²) in [5.74, 6) is -0.348. The largest absolute Gasteiger partial charge is 0.464 e. The average Bonchev–Trinajstić information content (AvgIpc) is 2.70. The van der Waals surface area contributed by atoms with Crippen molar-refractivity contribution in [2.24, 2.45) is 10.2 Å². The molecule has 10 heteroatoms. The van der Waals surface area contributed by atoms with E-state index in [1.54, 1.807) is 6.07 Å². The van der Waals surface area contributed by atoms with Gasteiger partial charge in [-0.15, -0.1) is 5.11 Å². The predicted molar refractivity (Wildman–Crippen MR) is 115 cm³/mol. The summed E-state index contributed by atoms with van der Waals surface area (Å²) in [5, 5.41) is 28.1. The first-order valence-electron chi connectivity index (χ1n) is 9.03. The van der Waals surface area contributed by atoms with Crippen molar-refractivity contribution < 1.29 is 14.5 Å². The average molecular weight is 474 g/mol. The molecule has 0 unspecified atom stereocenters. The molecule has 0 fully saturated rings. The van der Waals surface area contributed by atoms with Crippen LogP contribution < -0.4 is 4.90 Å². The lowest BCUT2D eigenvalue weighted by Gasteiger charge is -2.24. The van der Waals surface area contributed by atoms with E-state index in [0.29, 0.717) is 35.4 Å². The summed E-state index contributed by atoms with van der Waals surface area (Å²) in [6, 6.07) is 12.0. The third kappa shape index (κ3) is 6.63. The zero-order valence-corrected chi connectivity index (χ0v) is 18.1. The molecule has 0 saturated heterocycles. The summed E-state index contributed by atoms with van der Waals surface area (Å²) in [6.07, 6.45) is 0.342. The van der Waals surface area contributed by atoms with Crippen molar-refractivity contribution in [1.82, 2.24) is 0 Å². The van der Waals surface area contributed by atoms with Crippen LogP contribution in [0.25, 0.3) is 0 Å². The number of aryl methyl sites for hydroxylation is 1. The van der Waals surface area contributed by atoms with E-state index in [4.69, 9.17) is 10.00 Å². The van der Waals surface area contributed by atoms with E-state index in [2.05, 4.69) is 32.2 Å². The Kier molecular flexibility index (Phi) is 8.43. The number of carbonyl (C=O) groups excluding carboxylic acids is 1. The summed E-state index contributed by atoms with van der Waals surface area (Å²) >= 11 is 3.27. The summed E-state index contributed by atoms with van der Waals surface area (Å²) < 4.78 is 5.48. The molecule has 30 heavy (non-hydrogen) atoms. The van der Waals surface area contributed by atoms with Crippen molar-refractivity contribution in [3.05, 3.63) is 56.5 Å². The topological polar surface area (TPSA) is 121 Å². The number of benzene rings is 2. The van der Waals surface area contributed by atoms with Gasteiger partial charge < -0.3 is 9.64 Å². The summed E-state index contributed by atoms with van der Waals surface area (Å²) in [4.78, 5) is 23.3. The number of rotatable bonds is 9. The maximum Gasteiger partial charge on any atom is 0.302 e. The van der Waals surface area contributed by atoms with Gasteiger partial charge in [0, 0.05) is 31.3 Å². The Morgan fingerprint density at radius 1 is 1.23 bits per heavy atom. The Morgan fingerprint density at radius 2 is 1.93 bits per heavy atom. The second-order valence-corrected chi connectivity index (χ2v) is 7.15. The Labute approximate surface area is 182 Å². The molecule has 2 aromatic rings. The maximum atomic E-state index is 11.0. The summed E-state index contributed by atoms with van der Waals surface area (Å²) in [6.45, 7) is 4.45. The molecule has 0 aliphatic carbocycles. The second-order valence-electron chi connectivity index (χ2n) is 6.30. The molecule has 2 aromatic carbocycles. The van der Waals surface area contributed by atoms with Gasteiger partial charge in [-0.2, -0.15) is 10.4 Å². The van der Waals surface area contributed by atoms with Crippen LogP contribution in [0.2, 0.25) is 0 Å². The van der Waals surface area contributed by atoms with Crippen molar-refractivity contribution in [1.29, 1.82) is 5.26 Å². The zero-order valence-electron chi connectivity index (χ0n) is 16.5. The molecule has 0 atom stereocenters. The van der Waals surface area contributed by atoms with Gasteiger partial charge in [-0.25, -0.2) is 0 Å². The molecule has 0 aliphatic heterocycles. The number of esters is 1. The fourth-order valence-corrected chi connectivity index (χ4v) is 3.05. The first kappa shape index (κ1) is 23.0. The Balaban J connectivity index is 2.18. The normalized spacial score (nSPS) is 10.6. The SMILES string of the molecule is CC(=O)OCCN(CCC#N)c1ccc(N=Nc2ccc([N+](=O)[O-])cc2Br)c(C)c1. The van der Waals surface area contributed by atoms with E-state index in [1.807, 2.05) is 24.0 Å². The molecule has 0 N–H and O–H groups in total. The van der Waals surface area contributed by atoms with Gasteiger partial charge in [-0.1, -0.05) is 0 Å². The number of hydrogen-bond donors (Lipinski definition) is 0. The van der Waals surface area contributed by atoms with Crippen LogP contribution in [0.1, 0.15) is 18.9 Å². The van der Waals surface area contributed by atoms with E-state index in [1.165, 1.54) is 25.1 Å². The number of halogens is 1. The van der Waals surface area contributed by atoms with E-state index in [0.717, 1.165) is 11.3 Å². The van der Waals surface area contributed by atoms with Crippen LogP contribution in [-0.2, 0) is 9.53 Å². The molecule has 2 rings (SSSR count). The molecule has 0 aliphatic rings. The van der Waals surface area contributed by atoms with E-state index in [9.17, 15) is 14.9 Å². The number of ether oxygens (including phenoxy) is 1. The van der Waals surface area contributed by atoms with Crippen molar-refractivity contribution in [2.75, 3.05) is 24.6 Å². The summed E-state index contributed by atoms with van der Waals surface area (Å²) in [5.41, 5.74) is 2.83. The van der Waals surface area contributed by atoms with Crippen LogP contribution in [0.15, 0.2) is 51.1 Å². The molecule has 0 saturated carbocycles. The third-order valence-corrected chi connectivity index (χ3v) is 4.75. The lowest BCUT2D eigenvalue weighted by molar-refractivity contribution is -0.384. The van der Waals surface area contributed by atoms with Gasteiger partial charge in [-0.3, -0.25) is 14.9 Å². The van der Waals surface area contributed by atoms with Crippen molar-refractivity contribution >= 4 is 44.6 Å². The van der Waals surface area contributed by atoms with Crippen LogP contribution in [-0.4, -0.2) is 30.6 Å². The highest BCUT2D eigenvalue weighted by atomic mass is 79.9. The van der Waals surface area contributed by atoms with Crippen LogP contribution in [0.3, 0.4) is 0 Å². The highest BCUT2D eigenvalue weighted by molar-refractivity contribution is 9.10. The van der Waals surface area contributed by atoms with Gasteiger partial charge in [0.05, 0.1) is 34.1 Å². The molecule has 0 amide bonds. The molecule has 156 valence electrons. The molecule has 0 bridgehead atoms. The first-order chi connectivity index (χ1) is 14.3. The number of azo groups is 1. The number of nitriles is 1. The second kappa shape index (κ2) is 11.0. The molecule has 0 aromatic heterocycles. The van der Waals surface area contributed by atoms with E-state index >= 15 is 0 Å². The van der Waals surface area contributed by atoms with Crippen LogP contribution in [0.4, 0.5) is 22.7 Å². The van der Waals surface area contributed by atoms with Crippen molar-refractivity contribution in [3.8, 4) is 6.07 Å². The monoisotopic (exact) mass is 473 g/mol. The lowest BCUT2D eigenvalue weighted by Crippen LogP contribution is -2.29. The Morgan fingerprint density at radius 3 is 2.53 bits per heavy atom. The number of nitrogens with zero attached hydrogens (tertiary/aromatic N) is 5. The molecular weight excluding hydrogens is 454 g/mol. The van der Waals surface area contributed by atoms with E-state index in [-0.39, 0.29) is 18.3 Å². The highest BCUT2D eigenvalue weighted by Crippen LogP contribution is 2.32. The number of nitro groups is 1. The smallest absolute Gasteiger partial charge is 0.302 e. The van der Waals surface area contributed by atoms with Gasteiger partial charge >= 0.3 is 5.97 Å². The number of nitro benzene ring substituents is 1. The van der Waals surface area contributed by atoms with Gasteiger partial charge in [-0.05, 0) is 52.7 Å². The standard InChI is InChI=1S/C20H20BrN5O4/c1-14-12-16(25(9-3-8-22)10-11-30-15(2)27)4-6-19(14)23-24-20-7-5-17(26(28)29)13-18(20)21/h4-7,12-13H,3,9-11H2,1-2H3. The Bertz CT molecular complexity index is 1000. The van der Waals surface area contributed by atoms with E-state index < -0.39 is 4.92 Å². The lowest BCUT2D eigenvalue weighted by atomic mass is 10.1. The molecule has 0 spiro atoms. The quantitative estimate of drug-likeness (QED) is 0.209. The zero-order chi connectivity index (χ0) is 22.1. The number of carbonyl (C=O) groups is 1. The number of anilines is 1. The number of hydrogen-bond acceptors (Lipinski definition) is 8. The van der Waals surface area contributed by atoms with Crippen molar-refractivity contribution in [3.63, 3.8) is 0 Å². The fraction of sp³-hybridized carbons (Fsp3) is 0.300. The minimum Gasteiger partial charge on any atom is -0.464 e. The minimum absolute atomic E-state index is 0.0347. The highest BCUT2D eigenvalue weighted by Gasteiger charge is 2.11. The summed E-state index contributed by atoms with van der Waals surface area (Å²) in [7, 11) is 0. The molecule has 0 radical (unpaired) electrons.